The van der Waals surface area contributed by atoms with Crippen LogP contribution in [-0.4, -0.2) is 42.5 Å². The van der Waals surface area contributed by atoms with Gasteiger partial charge in [-0.2, -0.15) is 12.6 Å². The number of hydrogen-bond donors (Lipinski definition) is 4. The normalized spacial score (nSPS) is 13.8. The summed E-state index contributed by atoms with van der Waals surface area (Å²) in [5.41, 5.74) is 5.29. The standard InChI is InChI=1S/C8H15N3O3S/c1-5(13)6(2-9)11-8(14)7(3-15)10-4-12/h4,6-7,15H,2-3,9H2,1H3,(H,10,12)(H,11,14). The molecule has 0 saturated heterocycles. The summed E-state index contributed by atoms with van der Waals surface area (Å²) in [5.74, 6) is -0.544. The van der Waals surface area contributed by atoms with Gasteiger partial charge >= 0.3 is 0 Å². The number of rotatable bonds is 7. The minimum Gasteiger partial charge on any atom is -0.346 e. The molecule has 4 N–H and O–H groups in total. The lowest BCUT2D eigenvalue weighted by molar-refractivity contribution is -0.128. The second-order valence-corrected chi connectivity index (χ2v) is 3.29. The first-order valence-electron chi connectivity index (χ1n) is 4.38. The molecule has 0 aromatic carbocycles. The predicted octanol–water partition coefficient (Wildman–Crippen LogP) is -1.94. The molecule has 0 radical (unpaired) electrons. The highest BCUT2D eigenvalue weighted by atomic mass is 32.1. The zero-order valence-electron chi connectivity index (χ0n) is 8.40. The Bertz CT molecular complexity index is 247. The van der Waals surface area contributed by atoms with Gasteiger partial charge < -0.3 is 16.4 Å². The summed E-state index contributed by atoms with van der Waals surface area (Å²) < 4.78 is 0. The Balaban J connectivity index is 4.30. The van der Waals surface area contributed by atoms with Crippen LogP contribution in [0.5, 0.6) is 0 Å². The van der Waals surface area contributed by atoms with Crippen LogP contribution in [0.2, 0.25) is 0 Å². The van der Waals surface area contributed by atoms with E-state index in [9.17, 15) is 14.4 Å². The molecule has 0 aromatic rings. The largest absolute Gasteiger partial charge is 0.346 e. The Morgan fingerprint density at radius 2 is 2.07 bits per heavy atom. The molecule has 0 heterocycles. The maximum Gasteiger partial charge on any atom is 0.244 e. The number of carbonyl (C=O) groups excluding carboxylic acids is 3. The van der Waals surface area contributed by atoms with Gasteiger partial charge in [0.1, 0.15) is 6.04 Å². The van der Waals surface area contributed by atoms with Gasteiger partial charge in [0.15, 0.2) is 5.78 Å². The van der Waals surface area contributed by atoms with Gasteiger partial charge in [-0.3, -0.25) is 14.4 Å². The van der Waals surface area contributed by atoms with E-state index in [-0.39, 0.29) is 18.1 Å². The molecule has 0 saturated carbocycles. The van der Waals surface area contributed by atoms with Gasteiger partial charge in [0.25, 0.3) is 0 Å². The molecule has 15 heavy (non-hydrogen) atoms. The second-order valence-electron chi connectivity index (χ2n) is 2.93. The minimum absolute atomic E-state index is 0.0292. The number of nitrogens with two attached hydrogens (primary N) is 1. The molecule has 0 aliphatic carbocycles. The van der Waals surface area contributed by atoms with Crippen molar-refractivity contribution in [3.63, 3.8) is 0 Å². The molecule has 2 atom stereocenters. The van der Waals surface area contributed by atoms with Crippen molar-refractivity contribution in [1.29, 1.82) is 0 Å². The molecule has 0 aliphatic heterocycles. The maximum absolute atomic E-state index is 11.4. The van der Waals surface area contributed by atoms with Crippen molar-refractivity contribution in [3.8, 4) is 0 Å². The van der Waals surface area contributed by atoms with Crippen molar-refractivity contribution in [2.45, 2.75) is 19.0 Å². The highest BCUT2D eigenvalue weighted by Crippen LogP contribution is 1.90. The smallest absolute Gasteiger partial charge is 0.244 e. The fraction of sp³-hybridized carbons (Fsp3) is 0.625. The molecule has 0 aromatic heterocycles. The Hall–Kier alpha value is -1.08. The molecule has 0 spiro atoms. The summed E-state index contributed by atoms with van der Waals surface area (Å²) in [7, 11) is 0. The molecule has 7 heteroatoms. The number of nitrogens with one attached hydrogen (secondary N) is 2. The summed E-state index contributed by atoms with van der Waals surface area (Å²) >= 11 is 3.89. The highest BCUT2D eigenvalue weighted by Gasteiger charge is 2.21. The quantitative estimate of drug-likeness (QED) is 0.303. The van der Waals surface area contributed by atoms with Crippen molar-refractivity contribution < 1.29 is 14.4 Å². The van der Waals surface area contributed by atoms with E-state index in [0.717, 1.165) is 0 Å². The number of Topliss-reactive ketones (excluding diaryl/α,β-unsaturated/α-hetero) is 1. The topological polar surface area (TPSA) is 101 Å². The maximum atomic E-state index is 11.4. The van der Waals surface area contributed by atoms with E-state index in [1.54, 1.807) is 0 Å². The van der Waals surface area contributed by atoms with E-state index in [2.05, 4.69) is 23.3 Å². The van der Waals surface area contributed by atoms with Crippen molar-refractivity contribution in [1.82, 2.24) is 10.6 Å². The highest BCUT2D eigenvalue weighted by molar-refractivity contribution is 7.80. The predicted molar refractivity (Wildman–Crippen MR) is 58.5 cm³/mol. The van der Waals surface area contributed by atoms with Crippen LogP contribution in [0.4, 0.5) is 0 Å². The van der Waals surface area contributed by atoms with Gasteiger partial charge in [-0.05, 0) is 6.92 Å². The summed E-state index contributed by atoms with van der Waals surface area (Å²) in [6, 6.07) is -1.47. The van der Waals surface area contributed by atoms with Gasteiger partial charge in [0, 0.05) is 12.3 Å². The molecule has 6 nitrogen and oxygen atoms in total. The fourth-order valence-corrected chi connectivity index (χ4v) is 1.16. The Labute approximate surface area is 93.4 Å². The van der Waals surface area contributed by atoms with Gasteiger partial charge in [0.2, 0.25) is 12.3 Å². The molecule has 0 bridgehead atoms. The van der Waals surface area contributed by atoms with E-state index in [0.29, 0.717) is 6.41 Å². The lowest BCUT2D eigenvalue weighted by Crippen LogP contribution is -2.52. The van der Waals surface area contributed by atoms with Gasteiger partial charge in [-0.1, -0.05) is 0 Å². The third-order valence-corrected chi connectivity index (χ3v) is 2.18. The summed E-state index contributed by atoms with van der Waals surface area (Å²) in [4.78, 5) is 32.6. The van der Waals surface area contributed by atoms with Crippen LogP contribution in [0, 0.1) is 0 Å². The van der Waals surface area contributed by atoms with Crippen LogP contribution < -0.4 is 16.4 Å². The van der Waals surface area contributed by atoms with Gasteiger partial charge in [0.05, 0.1) is 6.04 Å². The Morgan fingerprint density at radius 1 is 1.47 bits per heavy atom. The molecule has 86 valence electrons. The molecule has 2 unspecified atom stereocenters. The number of hydrogen-bond acceptors (Lipinski definition) is 5. The van der Waals surface area contributed by atoms with Crippen LogP contribution in [0.25, 0.3) is 0 Å². The average Bonchev–Trinajstić information content (AvgIpc) is 2.21. The lowest BCUT2D eigenvalue weighted by Gasteiger charge is -2.18. The number of thiol groups is 1. The van der Waals surface area contributed by atoms with Crippen LogP contribution >= 0.6 is 12.6 Å². The van der Waals surface area contributed by atoms with E-state index in [1.807, 2.05) is 0 Å². The number of ketones is 1. The van der Waals surface area contributed by atoms with Gasteiger partial charge in [-0.15, -0.1) is 0 Å². The monoisotopic (exact) mass is 233 g/mol. The molecule has 0 rings (SSSR count). The molecule has 0 aliphatic rings. The van der Waals surface area contributed by atoms with Crippen molar-refractivity contribution in [2.75, 3.05) is 12.3 Å². The van der Waals surface area contributed by atoms with E-state index < -0.39 is 18.0 Å². The zero-order valence-corrected chi connectivity index (χ0v) is 9.29. The number of carbonyl (C=O) groups is 3. The van der Waals surface area contributed by atoms with Crippen LogP contribution in [0.1, 0.15) is 6.92 Å². The third kappa shape index (κ3) is 4.80. The Morgan fingerprint density at radius 3 is 2.40 bits per heavy atom. The first kappa shape index (κ1) is 13.9. The third-order valence-electron chi connectivity index (χ3n) is 1.81. The molecule has 0 fully saturated rings. The summed E-state index contributed by atoms with van der Waals surface area (Å²) in [5, 5.41) is 4.70. The van der Waals surface area contributed by atoms with E-state index in [1.165, 1.54) is 6.92 Å². The van der Waals surface area contributed by atoms with Gasteiger partial charge in [-0.25, -0.2) is 0 Å². The average molecular weight is 233 g/mol. The van der Waals surface area contributed by atoms with E-state index >= 15 is 0 Å². The van der Waals surface area contributed by atoms with Crippen molar-refractivity contribution in [2.24, 2.45) is 5.73 Å². The van der Waals surface area contributed by atoms with E-state index in [4.69, 9.17) is 5.73 Å². The minimum atomic E-state index is -0.751. The fourth-order valence-electron chi connectivity index (χ4n) is 0.892. The van der Waals surface area contributed by atoms with Crippen LogP contribution in [-0.2, 0) is 14.4 Å². The van der Waals surface area contributed by atoms with Crippen molar-refractivity contribution in [3.05, 3.63) is 0 Å². The SMILES string of the molecule is CC(=O)C(CN)NC(=O)C(CS)NC=O. The summed E-state index contributed by atoms with van der Waals surface area (Å²) in [6.45, 7) is 1.36. The molecule has 2 amide bonds. The second kappa shape index (κ2) is 7.24. The van der Waals surface area contributed by atoms with Crippen LogP contribution in [0.3, 0.4) is 0 Å². The first-order valence-corrected chi connectivity index (χ1v) is 5.01. The first-order chi connectivity index (χ1) is 7.06. The van der Waals surface area contributed by atoms with Crippen molar-refractivity contribution >= 4 is 30.7 Å². The van der Waals surface area contributed by atoms with Crippen LogP contribution in [0.15, 0.2) is 0 Å². The molecular weight excluding hydrogens is 218 g/mol. The lowest BCUT2D eigenvalue weighted by atomic mass is 10.2. The molecular formula is C8H15N3O3S. The zero-order chi connectivity index (χ0) is 11.8. The summed E-state index contributed by atoms with van der Waals surface area (Å²) in [6.07, 6.45) is 0.408. The number of amides is 2. The Kier molecular flexibility index (Phi) is 6.72.